The Morgan fingerprint density at radius 3 is 2.50 bits per heavy atom. The number of hydrogen-bond acceptors (Lipinski definition) is 3. The number of nitrogens with two attached hydrogens (primary N) is 1. The van der Waals surface area contributed by atoms with Crippen LogP contribution in [0.15, 0.2) is 0 Å². The van der Waals surface area contributed by atoms with Crippen LogP contribution in [-0.4, -0.2) is 44.3 Å². The van der Waals surface area contributed by atoms with Gasteiger partial charge in [-0.1, -0.05) is 13.3 Å². The van der Waals surface area contributed by atoms with Crippen molar-refractivity contribution in [1.29, 1.82) is 0 Å². The third kappa shape index (κ3) is 3.23. The number of methoxy groups -OCH3 is 1. The Morgan fingerprint density at radius 1 is 1.43 bits per heavy atom. The van der Waals surface area contributed by atoms with E-state index in [0.717, 1.165) is 12.5 Å². The summed E-state index contributed by atoms with van der Waals surface area (Å²) in [6.07, 6.45) is 3.98. The van der Waals surface area contributed by atoms with Crippen molar-refractivity contribution < 1.29 is 4.74 Å². The molecular weight excluding hydrogens is 176 g/mol. The van der Waals surface area contributed by atoms with Gasteiger partial charge < -0.3 is 10.5 Å². The van der Waals surface area contributed by atoms with Gasteiger partial charge in [-0.25, -0.2) is 0 Å². The van der Waals surface area contributed by atoms with Crippen LogP contribution < -0.4 is 5.73 Å². The van der Waals surface area contributed by atoms with Gasteiger partial charge >= 0.3 is 0 Å². The first-order chi connectivity index (χ1) is 6.81. The summed E-state index contributed by atoms with van der Waals surface area (Å²) in [6.45, 7) is 6.17. The fraction of sp³-hybridized carbons (Fsp3) is 1.00. The van der Waals surface area contributed by atoms with Crippen molar-refractivity contribution >= 4 is 0 Å². The average Bonchev–Trinajstić information content (AvgIpc) is 2.26. The normalized spacial score (nSPS) is 22.5. The van der Waals surface area contributed by atoms with E-state index >= 15 is 0 Å². The Hall–Kier alpha value is -0.120. The summed E-state index contributed by atoms with van der Waals surface area (Å²) in [7, 11) is 1.75. The van der Waals surface area contributed by atoms with Crippen LogP contribution in [0.5, 0.6) is 0 Å². The van der Waals surface area contributed by atoms with Gasteiger partial charge in [0.1, 0.15) is 0 Å². The maximum absolute atomic E-state index is 5.74. The zero-order valence-electron chi connectivity index (χ0n) is 9.54. The van der Waals surface area contributed by atoms with Crippen molar-refractivity contribution in [3.05, 3.63) is 0 Å². The minimum atomic E-state index is 0.429. The van der Waals surface area contributed by atoms with Crippen molar-refractivity contribution in [3.8, 4) is 0 Å². The molecule has 1 atom stereocenters. The summed E-state index contributed by atoms with van der Waals surface area (Å²) in [5, 5.41) is 0. The molecule has 0 saturated carbocycles. The molecule has 1 rings (SSSR count). The predicted molar refractivity (Wildman–Crippen MR) is 59.3 cm³/mol. The standard InChI is InChI=1S/C11H24N2O/c1-3-10-4-6-13(7-5-10)11(8-12)9-14-2/h10-11H,3-9,12H2,1-2H3. The maximum Gasteiger partial charge on any atom is 0.0630 e. The van der Waals surface area contributed by atoms with Crippen molar-refractivity contribution in [2.24, 2.45) is 11.7 Å². The molecule has 0 aromatic heterocycles. The lowest BCUT2D eigenvalue weighted by atomic mass is 9.93. The summed E-state index contributed by atoms with van der Waals surface area (Å²) in [6, 6.07) is 0.429. The molecule has 0 bridgehead atoms. The molecule has 0 radical (unpaired) electrons. The summed E-state index contributed by atoms with van der Waals surface area (Å²) in [4.78, 5) is 2.48. The van der Waals surface area contributed by atoms with Crippen molar-refractivity contribution in [1.82, 2.24) is 4.90 Å². The molecule has 3 nitrogen and oxygen atoms in total. The Bertz CT molecular complexity index is 144. The lowest BCUT2D eigenvalue weighted by Crippen LogP contribution is -2.47. The van der Waals surface area contributed by atoms with Gasteiger partial charge in [0.25, 0.3) is 0 Å². The van der Waals surface area contributed by atoms with E-state index in [1.807, 2.05) is 0 Å². The van der Waals surface area contributed by atoms with Crippen LogP contribution in [0.3, 0.4) is 0 Å². The molecule has 0 amide bonds. The van der Waals surface area contributed by atoms with E-state index in [1.54, 1.807) is 7.11 Å². The van der Waals surface area contributed by atoms with Crippen LogP contribution in [-0.2, 0) is 4.74 Å². The largest absolute Gasteiger partial charge is 0.383 e. The number of likely N-dealkylation sites (tertiary alicyclic amines) is 1. The highest BCUT2D eigenvalue weighted by Crippen LogP contribution is 2.21. The minimum absolute atomic E-state index is 0.429. The first-order valence-corrected chi connectivity index (χ1v) is 5.74. The zero-order valence-corrected chi connectivity index (χ0v) is 9.54. The molecule has 0 aromatic carbocycles. The van der Waals surface area contributed by atoms with Crippen molar-refractivity contribution in [2.75, 3.05) is 33.4 Å². The van der Waals surface area contributed by atoms with Gasteiger partial charge in [-0.3, -0.25) is 4.90 Å². The second kappa shape index (κ2) is 6.38. The van der Waals surface area contributed by atoms with Crippen LogP contribution in [0.4, 0.5) is 0 Å². The molecule has 1 saturated heterocycles. The van der Waals surface area contributed by atoms with Crippen molar-refractivity contribution in [2.45, 2.75) is 32.2 Å². The summed E-state index contributed by atoms with van der Waals surface area (Å²) in [5.41, 5.74) is 5.74. The van der Waals surface area contributed by atoms with Gasteiger partial charge in [-0.2, -0.15) is 0 Å². The highest BCUT2D eigenvalue weighted by Gasteiger charge is 2.23. The first-order valence-electron chi connectivity index (χ1n) is 5.74. The van der Waals surface area contributed by atoms with Gasteiger partial charge in [0.15, 0.2) is 0 Å². The molecule has 1 aliphatic heterocycles. The number of rotatable bonds is 5. The molecule has 14 heavy (non-hydrogen) atoms. The van der Waals surface area contributed by atoms with E-state index in [9.17, 15) is 0 Å². The van der Waals surface area contributed by atoms with Gasteiger partial charge in [0.2, 0.25) is 0 Å². The second-order valence-corrected chi connectivity index (χ2v) is 4.23. The summed E-state index contributed by atoms with van der Waals surface area (Å²) >= 11 is 0. The Morgan fingerprint density at radius 2 is 2.07 bits per heavy atom. The van der Waals surface area contributed by atoms with E-state index < -0.39 is 0 Å². The highest BCUT2D eigenvalue weighted by atomic mass is 16.5. The molecular formula is C11H24N2O. The maximum atomic E-state index is 5.74. The van der Waals surface area contributed by atoms with Crippen molar-refractivity contribution in [3.63, 3.8) is 0 Å². The topological polar surface area (TPSA) is 38.5 Å². The number of ether oxygens (including phenoxy) is 1. The number of hydrogen-bond donors (Lipinski definition) is 1. The van der Waals surface area contributed by atoms with Crippen LogP contribution in [0.2, 0.25) is 0 Å². The Kier molecular flexibility index (Phi) is 5.45. The van der Waals surface area contributed by atoms with Crippen LogP contribution in [0.25, 0.3) is 0 Å². The monoisotopic (exact) mass is 200 g/mol. The summed E-state index contributed by atoms with van der Waals surface area (Å²) in [5.74, 6) is 0.937. The molecule has 2 N–H and O–H groups in total. The SMILES string of the molecule is CCC1CCN(C(CN)COC)CC1. The molecule has 84 valence electrons. The molecule has 3 heteroatoms. The molecule has 1 unspecified atom stereocenters. The molecule has 1 aliphatic rings. The zero-order chi connectivity index (χ0) is 10.4. The van der Waals surface area contributed by atoms with Crippen LogP contribution in [0, 0.1) is 5.92 Å². The highest BCUT2D eigenvalue weighted by molar-refractivity contribution is 4.78. The fourth-order valence-corrected chi connectivity index (χ4v) is 2.24. The van der Waals surface area contributed by atoms with Crippen LogP contribution >= 0.6 is 0 Å². The minimum Gasteiger partial charge on any atom is -0.383 e. The molecule has 1 heterocycles. The van der Waals surface area contributed by atoms with E-state index in [2.05, 4.69) is 11.8 Å². The van der Waals surface area contributed by atoms with E-state index in [4.69, 9.17) is 10.5 Å². The Labute approximate surface area is 87.6 Å². The van der Waals surface area contributed by atoms with E-state index in [0.29, 0.717) is 12.6 Å². The van der Waals surface area contributed by atoms with Gasteiger partial charge in [-0.05, 0) is 31.8 Å². The van der Waals surface area contributed by atoms with E-state index in [-0.39, 0.29) is 0 Å². The molecule has 0 spiro atoms. The summed E-state index contributed by atoms with van der Waals surface area (Å²) < 4.78 is 5.18. The van der Waals surface area contributed by atoms with E-state index in [1.165, 1.54) is 32.4 Å². The third-order valence-electron chi connectivity index (χ3n) is 3.37. The lowest BCUT2D eigenvalue weighted by Gasteiger charge is -2.36. The molecule has 0 aromatic rings. The predicted octanol–water partition coefficient (Wildman–Crippen LogP) is 1.08. The van der Waals surface area contributed by atoms with Gasteiger partial charge in [0.05, 0.1) is 6.61 Å². The molecule has 1 fully saturated rings. The second-order valence-electron chi connectivity index (χ2n) is 4.23. The smallest absolute Gasteiger partial charge is 0.0630 e. The van der Waals surface area contributed by atoms with Crippen LogP contribution in [0.1, 0.15) is 26.2 Å². The Balaban J connectivity index is 2.31. The van der Waals surface area contributed by atoms with Gasteiger partial charge in [0, 0.05) is 19.7 Å². The van der Waals surface area contributed by atoms with Gasteiger partial charge in [-0.15, -0.1) is 0 Å². The fourth-order valence-electron chi connectivity index (χ4n) is 2.24. The first kappa shape index (κ1) is 12.0. The number of piperidine rings is 1. The molecule has 0 aliphatic carbocycles. The number of nitrogens with zero attached hydrogens (tertiary/aromatic N) is 1. The quantitative estimate of drug-likeness (QED) is 0.722. The average molecular weight is 200 g/mol. The third-order valence-corrected chi connectivity index (χ3v) is 3.37. The lowest BCUT2D eigenvalue weighted by molar-refractivity contribution is 0.0682.